The number of thioether (sulfide) groups is 1. The molecule has 1 aliphatic heterocycles. The largest absolute Gasteiger partial charge is 0.458 e. The smallest absolute Gasteiger partial charge is 0.335 e. The van der Waals surface area contributed by atoms with Crippen LogP contribution in [0.4, 0.5) is 0 Å². The van der Waals surface area contributed by atoms with Crippen LogP contribution in [0.3, 0.4) is 0 Å². The minimum absolute atomic E-state index is 0.0644. The number of carbonyl (C=O) groups is 5. The lowest BCUT2D eigenvalue weighted by Gasteiger charge is -2.28. The number of pyridine rings is 1. The topological polar surface area (TPSA) is 261 Å². The van der Waals surface area contributed by atoms with E-state index in [0.717, 1.165) is 5.56 Å². The van der Waals surface area contributed by atoms with E-state index in [4.69, 9.17) is 33.5 Å². The summed E-state index contributed by atoms with van der Waals surface area (Å²) < 4.78 is 35.2. The average molecular weight is 989 g/mol. The number of esters is 1. The van der Waals surface area contributed by atoms with Crippen molar-refractivity contribution >= 4 is 52.5 Å². The van der Waals surface area contributed by atoms with E-state index in [1.807, 2.05) is 13.8 Å². The molecule has 0 bridgehead atoms. The van der Waals surface area contributed by atoms with Gasteiger partial charge in [-0.2, -0.15) is 0 Å². The lowest BCUT2D eigenvalue weighted by atomic mass is 10.0. The second-order valence-corrected chi connectivity index (χ2v) is 19.2. The SMILES string of the molecule is CC(C)(C)OC(=O)[C@H](Cc1ccc(-n2c(=O)n(CC(=O)NCCOCCOCCC(=O)NCCCOCCOCCCNC(=O)CCOCCO)c3cccnc32)cc1)NC(=O)[C@H]1NCSC1(C)C. The standard InChI is InChI=1S/C47H72N8O13S/c1-46(2,3)68-44(61)36(53-43(60)41-47(4,5)69-33-52-41)31-34-10-12-35(13-11-34)55-42-37(9-6-16-51-42)54(45(55)62)32-40(59)50-19-25-67-30-29-66-24-15-39(58)49-18-8-22-64-28-27-63-21-7-17-48-38(57)14-23-65-26-20-56/h6,9-13,16,36,41,52,56H,7-8,14-15,17-33H2,1-5H3,(H,48,57)(H,49,58)(H,50,59)(H,53,60)/t36-,41+/m0/s1. The van der Waals surface area contributed by atoms with Crippen LogP contribution in [0.5, 0.6) is 0 Å². The molecular weight excluding hydrogens is 917 g/mol. The highest BCUT2D eigenvalue weighted by molar-refractivity contribution is 8.00. The van der Waals surface area contributed by atoms with Crippen molar-refractivity contribution in [3.05, 3.63) is 58.6 Å². The number of nitrogens with one attached hydrogen (secondary N) is 5. The van der Waals surface area contributed by atoms with Gasteiger partial charge in [0.15, 0.2) is 5.65 Å². The summed E-state index contributed by atoms with van der Waals surface area (Å²) in [5, 5.41) is 23.1. The molecule has 1 saturated heterocycles. The van der Waals surface area contributed by atoms with Crippen molar-refractivity contribution < 1.29 is 57.5 Å². The highest BCUT2D eigenvalue weighted by Crippen LogP contribution is 2.33. The first-order valence-corrected chi connectivity index (χ1v) is 24.4. The molecule has 3 aromatic rings. The van der Waals surface area contributed by atoms with Crippen LogP contribution in [0.25, 0.3) is 16.9 Å². The Labute approximate surface area is 407 Å². The number of benzene rings is 1. The maximum absolute atomic E-state index is 13.8. The molecule has 21 nitrogen and oxygen atoms in total. The van der Waals surface area contributed by atoms with Crippen LogP contribution >= 0.6 is 11.8 Å². The van der Waals surface area contributed by atoms with Gasteiger partial charge in [-0.05, 0) is 77.3 Å². The van der Waals surface area contributed by atoms with E-state index in [1.54, 1.807) is 75.1 Å². The summed E-state index contributed by atoms with van der Waals surface area (Å²) in [6.45, 7) is 13.5. The molecular formula is C47H72N8O13S. The summed E-state index contributed by atoms with van der Waals surface area (Å²) in [6.07, 6.45) is 3.51. The van der Waals surface area contributed by atoms with Crippen molar-refractivity contribution in [1.82, 2.24) is 40.7 Å². The van der Waals surface area contributed by atoms with Gasteiger partial charge in [0.2, 0.25) is 23.6 Å². The zero-order valence-corrected chi connectivity index (χ0v) is 41.5. The highest BCUT2D eigenvalue weighted by Gasteiger charge is 2.41. The molecule has 0 radical (unpaired) electrons. The van der Waals surface area contributed by atoms with Gasteiger partial charge in [-0.15, -0.1) is 11.8 Å². The molecule has 4 amide bonds. The Morgan fingerprint density at radius 2 is 1.38 bits per heavy atom. The third-order valence-electron chi connectivity index (χ3n) is 10.4. The second kappa shape index (κ2) is 29.9. The molecule has 22 heteroatoms. The minimum atomic E-state index is -0.953. The molecule has 1 aliphatic rings. The molecule has 0 unspecified atom stereocenters. The van der Waals surface area contributed by atoms with Gasteiger partial charge in [0.25, 0.3) is 0 Å². The van der Waals surface area contributed by atoms with Crippen molar-refractivity contribution in [2.24, 2.45) is 0 Å². The maximum atomic E-state index is 13.8. The Kier molecular flexibility index (Phi) is 24.6. The Morgan fingerprint density at radius 3 is 1.96 bits per heavy atom. The van der Waals surface area contributed by atoms with Gasteiger partial charge >= 0.3 is 11.7 Å². The second-order valence-electron chi connectivity index (χ2n) is 17.6. The van der Waals surface area contributed by atoms with Gasteiger partial charge in [-0.25, -0.2) is 19.1 Å². The lowest BCUT2D eigenvalue weighted by molar-refractivity contribution is -0.158. The number of ether oxygens (including phenoxy) is 6. The van der Waals surface area contributed by atoms with Crippen LogP contribution in [0.2, 0.25) is 0 Å². The summed E-state index contributed by atoms with van der Waals surface area (Å²) in [4.78, 5) is 81.7. The van der Waals surface area contributed by atoms with Gasteiger partial charge in [-0.3, -0.25) is 29.1 Å². The summed E-state index contributed by atoms with van der Waals surface area (Å²) in [5.41, 5.74) is 0.841. The summed E-state index contributed by atoms with van der Waals surface area (Å²) in [5.74, 6) is -0.844. The third-order valence-corrected chi connectivity index (χ3v) is 11.7. The lowest BCUT2D eigenvalue weighted by Crippen LogP contribution is -2.55. The summed E-state index contributed by atoms with van der Waals surface area (Å²) >= 11 is 1.63. The van der Waals surface area contributed by atoms with E-state index >= 15 is 0 Å². The average Bonchev–Trinajstić information content (AvgIpc) is 3.81. The predicted octanol–water partition coefficient (Wildman–Crippen LogP) is 0.982. The van der Waals surface area contributed by atoms with Crippen molar-refractivity contribution in [1.29, 1.82) is 0 Å². The van der Waals surface area contributed by atoms with Crippen molar-refractivity contribution in [2.75, 3.05) is 98.2 Å². The number of aliphatic hydroxyl groups excluding tert-OH is 1. The quantitative estimate of drug-likeness (QED) is 0.0367. The number of nitrogens with zero attached hydrogens (tertiary/aromatic N) is 3. The minimum Gasteiger partial charge on any atom is -0.458 e. The van der Waals surface area contributed by atoms with Crippen molar-refractivity contribution in [3.63, 3.8) is 0 Å². The number of amides is 4. The molecule has 1 aromatic carbocycles. The first kappa shape index (κ1) is 56.6. The first-order valence-electron chi connectivity index (χ1n) is 23.5. The number of imidazole rings is 1. The van der Waals surface area contributed by atoms with Crippen molar-refractivity contribution in [3.8, 4) is 5.69 Å². The Bertz CT molecular complexity index is 2130. The van der Waals surface area contributed by atoms with Gasteiger partial charge in [0.1, 0.15) is 24.2 Å². The fourth-order valence-corrected chi connectivity index (χ4v) is 7.92. The normalized spacial score (nSPS) is 14.9. The number of aromatic nitrogens is 3. The molecule has 1 fully saturated rings. The van der Waals surface area contributed by atoms with Gasteiger partial charge < -0.3 is 54.8 Å². The first-order chi connectivity index (χ1) is 33.1. The van der Waals surface area contributed by atoms with E-state index in [2.05, 4.69) is 31.6 Å². The maximum Gasteiger partial charge on any atom is 0.335 e. The number of hydrogen-bond acceptors (Lipinski definition) is 16. The molecule has 384 valence electrons. The van der Waals surface area contributed by atoms with Crippen LogP contribution < -0.4 is 32.3 Å². The van der Waals surface area contributed by atoms with Crippen molar-refractivity contribution in [2.45, 2.75) is 95.7 Å². The molecule has 0 aliphatic carbocycles. The summed E-state index contributed by atoms with van der Waals surface area (Å²) in [6, 6.07) is 8.98. The molecule has 0 saturated carbocycles. The number of fused-ring (bicyclic) bond motifs is 1. The van der Waals surface area contributed by atoms with Crippen LogP contribution in [0.1, 0.15) is 65.9 Å². The highest BCUT2D eigenvalue weighted by atomic mass is 32.2. The molecule has 3 heterocycles. The molecule has 4 rings (SSSR count). The fourth-order valence-electron chi connectivity index (χ4n) is 6.94. The van der Waals surface area contributed by atoms with E-state index < -0.39 is 35.3 Å². The summed E-state index contributed by atoms with van der Waals surface area (Å²) in [7, 11) is 0. The van der Waals surface area contributed by atoms with E-state index in [0.29, 0.717) is 75.1 Å². The molecule has 69 heavy (non-hydrogen) atoms. The number of hydrogen-bond donors (Lipinski definition) is 6. The number of carbonyl (C=O) groups excluding carboxylic acids is 5. The van der Waals surface area contributed by atoms with Crippen LogP contribution in [0.15, 0.2) is 47.4 Å². The van der Waals surface area contributed by atoms with Crippen LogP contribution in [-0.2, 0) is 65.4 Å². The van der Waals surface area contributed by atoms with E-state index in [1.165, 1.54) is 9.13 Å². The zero-order chi connectivity index (χ0) is 50.1. The molecule has 6 N–H and O–H groups in total. The molecule has 2 atom stereocenters. The Morgan fingerprint density at radius 1 is 0.797 bits per heavy atom. The van der Waals surface area contributed by atoms with Crippen LogP contribution in [-0.4, -0.2) is 169 Å². The van der Waals surface area contributed by atoms with E-state index in [-0.39, 0.29) is 101 Å². The zero-order valence-electron chi connectivity index (χ0n) is 40.6. The van der Waals surface area contributed by atoms with E-state index in [9.17, 15) is 28.8 Å². The number of aliphatic hydroxyl groups is 1. The van der Waals surface area contributed by atoms with Gasteiger partial charge in [-0.1, -0.05) is 12.1 Å². The Hall–Kier alpha value is -4.94. The molecule has 0 spiro atoms. The van der Waals surface area contributed by atoms with Gasteiger partial charge in [0.05, 0.1) is 70.7 Å². The van der Waals surface area contributed by atoms with Gasteiger partial charge in [0, 0.05) is 68.9 Å². The monoisotopic (exact) mass is 988 g/mol. The number of rotatable bonds is 33. The molecule has 2 aromatic heterocycles. The predicted molar refractivity (Wildman–Crippen MR) is 259 cm³/mol. The Balaban J connectivity index is 1.09. The third kappa shape index (κ3) is 20.5. The fraction of sp³-hybridized carbons (Fsp3) is 0.638. The van der Waals surface area contributed by atoms with Crippen LogP contribution in [0, 0.1) is 0 Å².